The number of para-hydroxylation sites is 1. The number of aldehydes is 1. The number of aromatic hydroxyl groups is 1. The molecule has 1 heterocycles. The minimum absolute atomic E-state index is 0. The molecule has 1 radical (unpaired) electrons. The number of phenols is 1. The predicted octanol–water partition coefficient (Wildman–Crippen LogP) is 7.03. The monoisotopic (exact) mass is 647 g/mol. The summed E-state index contributed by atoms with van der Waals surface area (Å²) in [6, 6.07) is 34.8. The molecule has 0 amide bonds. The van der Waals surface area contributed by atoms with Crippen LogP contribution in [0, 0.1) is 12.6 Å². The molecule has 0 aliphatic rings. The third-order valence-electron chi connectivity index (χ3n) is 5.12. The third-order valence-corrected chi connectivity index (χ3v) is 5.12. The summed E-state index contributed by atoms with van der Waals surface area (Å²) in [5, 5.41) is 8.88. The SMILES string of the molecule is O=Cc1ccccc1O.[C-]#[N+]c1cccc(-c2cnc(-c3[c-]cccc3)c(-c3ccccc3)n2)c1.[Ir]. The number of carbonyl (C=O) groups excluding carboxylic acids is 1. The van der Waals surface area contributed by atoms with Crippen molar-refractivity contribution in [3.05, 3.63) is 132 Å². The first-order chi connectivity index (χ1) is 17.2. The van der Waals surface area contributed by atoms with Gasteiger partial charge in [-0.1, -0.05) is 60.7 Å². The summed E-state index contributed by atoms with van der Waals surface area (Å²) in [7, 11) is 0. The average molecular weight is 647 g/mol. The zero-order chi connectivity index (χ0) is 24.5. The van der Waals surface area contributed by atoms with Crippen molar-refractivity contribution in [2.75, 3.05) is 0 Å². The van der Waals surface area contributed by atoms with Gasteiger partial charge in [-0.3, -0.25) is 9.78 Å². The molecule has 5 aromatic rings. The quantitative estimate of drug-likeness (QED) is 0.168. The average Bonchev–Trinajstić information content (AvgIpc) is 2.94. The standard InChI is InChI=1S/C23H14N3.C7H6O2.Ir/c1-24-20-14-8-13-19(15-20)21-16-25-22(17-9-4-2-5-10-17)23(26-21)18-11-6-3-7-12-18;8-5-6-3-1-2-4-7(6)9;/h2-9,11-16H;1-5,9H;/q-1;;. The summed E-state index contributed by atoms with van der Waals surface area (Å²) in [6.07, 6.45) is 2.38. The van der Waals surface area contributed by atoms with E-state index in [1.807, 2.05) is 72.8 Å². The zero-order valence-electron chi connectivity index (χ0n) is 19.0. The molecule has 0 fully saturated rings. The van der Waals surface area contributed by atoms with E-state index in [0.29, 0.717) is 17.5 Å². The molecule has 0 aliphatic carbocycles. The van der Waals surface area contributed by atoms with Gasteiger partial charge >= 0.3 is 0 Å². The molecule has 0 saturated heterocycles. The Balaban J connectivity index is 0.000000307. The number of rotatable bonds is 4. The van der Waals surface area contributed by atoms with Gasteiger partial charge in [0.1, 0.15) is 5.75 Å². The number of nitrogens with zero attached hydrogens (tertiary/aromatic N) is 3. The van der Waals surface area contributed by atoms with Gasteiger partial charge in [-0.2, -0.15) is 0 Å². The molecule has 0 saturated carbocycles. The molecule has 1 N–H and O–H groups in total. The van der Waals surface area contributed by atoms with E-state index >= 15 is 0 Å². The molecular formula is C30H20IrN3O2-. The molecule has 6 heteroatoms. The molecule has 0 atom stereocenters. The minimum Gasteiger partial charge on any atom is -0.507 e. The number of benzene rings is 4. The van der Waals surface area contributed by atoms with Crippen LogP contribution in [0.1, 0.15) is 10.4 Å². The Labute approximate surface area is 223 Å². The third kappa shape index (κ3) is 6.37. The van der Waals surface area contributed by atoms with Crippen molar-refractivity contribution < 1.29 is 30.0 Å². The van der Waals surface area contributed by atoms with Crippen molar-refractivity contribution in [1.82, 2.24) is 9.97 Å². The van der Waals surface area contributed by atoms with E-state index < -0.39 is 0 Å². The van der Waals surface area contributed by atoms with Crippen LogP contribution in [-0.4, -0.2) is 21.4 Å². The van der Waals surface area contributed by atoms with E-state index in [0.717, 1.165) is 33.8 Å². The molecule has 0 bridgehead atoms. The second-order valence-electron chi connectivity index (χ2n) is 7.43. The van der Waals surface area contributed by atoms with Gasteiger partial charge in [0.05, 0.1) is 23.5 Å². The van der Waals surface area contributed by atoms with Crippen LogP contribution in [0.4, 0.5) is 5.69 Å². The number of hydrogen-bond donors (Lipinski definition) is 1. The van der Waals surface area contributed by atoms with Crippen LogP contribution in [0.15, 0.2) is 109 Å². The first-order valence-electron chi connectivity index (χ1n) is 10.8. The van der Waals surface area contributed by atoms with E-state index in [1.165, 1.54) is 6.07 Å². The Kier molecular flexibility index (Phi) is 9.36. The normalized spacial score (nSPS) is 9.64. The van der Waals surface area contributed by atoms with E-state index in [-0.39, 0.29) is 25.9 Å². The Bertz CT molecular complexity index is 1480. The van der Waals surface area contributed by atoms with E-state index in [2.05, 4.69) is 15.9 Å². The molecule has 1 aromatic heterocycles. The molecule has 4 aromatic carbocycles. The van der Waals surface area contributed by atoms with Crippen LogP contribution in [-0.2, 0) is 20.1 Å². The first kappa shape index (κ1) is 26.2. The van der Waals surface area contributed by atoms with E-state index in [1.54, 1.807) is 30.5 Å². The molecule has 0 aliphatic heterocycles. The maximum Gasteiger partial charge on any atom is 0.187 e. The second kappa shape index (κ2) is 12.9. The fourth-order valence-corrected chi connectivity index (χ4v) is 3.39. The van der Waals surface area contributed by atoms with Crippen molar-refractivity contribution >= 4 is 12.0 Å². The van der Waals surface area contributed by atoms with Gasteiger partial charge in [0.2, 0.25) is 0 Å². The Morgan fingerprint density at radius 3 is 2.22 bits per heavy atom. The Hall–Kier alpha value is -4.43. The van der Waals surface area contributed by atoms with Gasteiger partial charge in [0, 0.05) is 32.0 Å². The molecular weight excluding hydrogens is 627 g/mol. The fourth-order valence-electron chi connectivity index (χ4n) is 3.39. The molecule has 5 rings (SSSR count). The molecule has 5 nitrogen and oxygen atoms in total. The molecule has 177 valence electrons. The van der Waals surface area contributed by atoms with E-state index in [4.69, 9.17) is 16.7 Å². The first-order valence-corrected chi connectivity index (χ1v) is 10.8. The smallest absolute Gasteiger partial charge is 0.187 e. The molecule has 36 heavy (non-hydrogen) atoms. The summed E-state index contributed by atoms with van der Waals surface area (Å²) in [5.41, 5.74) is 6.04. The Morgan fingerprint density at radius 1 is 0.833 bits per heavy atom. The van der Waals surface area contributed by atoms with Crippen LogP contribution < -0.4 is 0 Å². The van der Waals surface area contributed by atoms with Crippen molar-refractivity contribution in [3.63, 3.8) is 0 Å². The number of carbonyl (C=O) groups is 1. The summed E-state index contributed by atoms with van der Waals surface area (Å²) >= 11 is 0. The number of aromatic nitrogens is 2. The number of phenolic OH excluding ortho intramolecular Hbond substituents is 1. The van der Waals surface area contributed by atoms with E-state index in [9.17, 15) is 4.79 Å². The fraction of sp³-hybridized carbons (Fsp3) is 0. The second-order valence-corrected chi connectivity index (χ2v) is 7.43. The minimum atomic E-state index is 0. The van der Waals surface area contributed by atoms with Crippen molar-refractivity contribution in [3.8, 4) is 39.5 Å². The molecule has 0 unspecified atom stereocenters. The number of hydrogen-bond acceptors (Lipinski definition) is 4. The largest absolute Gasteiger partial charge is 0.507 e. The predicted molar refractivity (Wildman–Crippen MR) is 137 cm³/mol. The topological polar surface area (TPSA) is 67.4 Å². The summed E-state index contributed by atoms with van der Waals surface area (Å²) in [5.74, 6) is 0.0347. The van der Waals surface area contributed by atoms with Crippen molar-refractivity contribution in [2.24, 2.45) is 0 Å². The Morgan fingerprint density at radius 2 is 1.56 bits per heavy atom. The van der Waals surface area contributed by atoms with Gasteiger partial charge in [-0.25, -0.2) is 4.85 Å². The van der Waals surface area contributed by atoms with Crippen molar-refractivity contribution in [2.45, 2.75) is 0 Å². The summed E-state index contributed by atoms with van der Waals surface area (Å²) < 4.78 is 0. The summed E-state index contributed by atoms with van der Waals surface area (Å²) in [6.45, 7) is 7.21. The van der Waals surface area contributed by atoms with Crippen molar-refractivity contribution in [1.29, 1.82) is 0 Å². The zero-order valence-corrected chi connectivity index (χ0v) is 21.4. The van der Waals surface area contributed by atoms with Crippen LogP contribution in [0.3, 0.4) is 0 Å². The van der Waals surface area contributed by atoms with Gasteiger partial charge < -0.3 is 10.1 Å². The van der Waals surface area contributed by atoms with Gasteiger partial charge in [0.15, 0.2) is 12.0 Å². The van der Waals surface area contributed by atoms with Crippen LogP contribution in [0.2, 0.25) is 0 Å². The maximum atomic E-state index is 10.1. The summed E-state index contributed by atoms with van der Waals surface area (Å²) in [4.78, 5) is 23.1. The van der Waals surface area contributed by atoms with Crippen LogP contribution in [0.5, 0.6) is 5.75 Å². The van der Waals surface area contributed by atoms with Crippen LogP contribution in [0.25, 0.3) is 38.6 Å². The van der Waals surface area contributed by atoms with Crippen LogP contribution >= 0.6 is 0 Å². The molecule has 0 spiro atoms. The van der Waals surface area contributed by atoms with Gasteiger partial charge in [-0.05, 0) is 29.3 Å². The van der Waals surface area contributed by atoms with Gasteiger partial charge in [-0.15, -0.1) is 35.9 Å². The maximum absolute atomic E-state index is 10.1. The van der Waals surface area contributed by atoms with Gasteiger partial charge in [0.25, 0.3) is 0 Å².